The van der Waals surface area contributed by atoms with Gasteiger partial charge in [-0.05, 0) is 0 Å². The first-order valence-electron chi connectivity index (χ1n) is 2.64. The van der Waals surface area contributed by atoms with E-state index < -0.39 is 0 Å². The molecule has 9 heavy (non-hydrogen) atoms. The maximum Gasteiger partial charge on any atom is 0.230 e. The molecule has 50 valence electrons. The summed E-state index contributed by atoms with van der Waals surface area (Å²) in [5.41, 5.74) is 0. The predicted octanol–water partition coefficient (Wildman–Crippen LogP) is 0.167. The lowest BCUT2D eigenvalue weighted by Crippen LogP contribution is -1.96. The van der Waals surface area contributed by atoms with Crippen molar-refractivity contribution in [1.82, 2.24) is 9.55 Å². The summed E-state index contributed by atoms with van der Waals surface area (Å²) in [4.78, 5) is 3.74. The van der Waals surface area contributed by atoms with Crippen LogP contribution in [0.4, 0.5) is 5.95 Å². The van der Waals surface area contributed by atoms with Gasteiger partial charge in [-0.2, -0.15) is 4.98 Å². The van der Waals surface area contributed by atoms with E-state index >= 15 is 0 Å². The van der Waals surface area contributed by atoms with E-state index in [2.05, 4.69) is 10.3 Å². The van der Waals surface area contributed by atoms with Crippen LogP contribution in [0, 0.1) is 0 Å². The number of rotatable bonds is 1. The molecule has 0 atom stereocenters. The number of aromatic hydroxyl groups is 1. The average molecular weight is 127 g/mol. The van der Waals surface area contributed by atoms with Crippen molar-refractivity contribution in [1.29, 1.82) is 0 Å². The van der Waals surface area contributed by atoms with E-state index in [1.807, 2.05) is 0 Å². The third kappa shape index (κ3) is 0.960. The minimum atomic E-state index is 0.0434. The molecule has 1 aromatic rings. The predicted molar refractivity (Wildman–Crippen MR) is 34.4 cm³/mol. The summed E-state index contributed by atoms with van der Waals surface area (Å²) in [5.74, 6) is 0.703. The van der Waals surface area contributed by atoms with Crippen molar-refractivity contribution in [3.63, 3.8) is 0 Å². The van der Waals surface area contributed by atoms with Crippen LogP contribution in [-0.4, -0.2) is 21.7 Å². The minimum absolute atomic E-state index is 0.0434. The van der Waals surface area contributed by atoms with Crippen LogP contribution in [0.25, 0.3) is 0 Å². The summed E-state index contributed by atoms with van der Waals surface area (Å²) in [6.45, 7) is 0. The second-order valence-corrected chi connectivity index (χ2v) is 1.78. The highest BCUT2D eigenvalue weighted by Gasteiger charge is 1.98. The highest BCUT2D eigenvalue weighted by Crippen LogP contribution is 2.09. The van der Waals surface area contributed by atoms with Crippen LogP contribution in [0.2, 0.25) is 0 Å². The molecule has 0 saturated heterocycles. The van der Waals surface area contributed by atoms with Crippen molar-refractivity contribution in [3.8, 4) is 5.88 Å². The molecule has 0 spiro atoms. The standard InChI is InChI=1S/C5H9N3O/c1-6-5-7-4(9)3-8(5)2/h3,9H,1-2H3,(H,6,7). The zero-order chi connectivity index (χ0) is 6.85. The van der Waals surface area contributed by atoms with Crippen molar-refractivity contribution < 1.29 is 5.11 Å². The van der Waals surface area contributed by atoms with Gasteiger partial charge in [0.25, 0.3) is 0 Å². The second-order valence-electron chi connectivity index (χ2n) is 1.78. The van der Waals surface area contributed by atoms with E-state index in [4.69, 9.17) is 5.11 Å². The summed E-state index contributed by atoms with van der Waals surface area (Å²) in [6, 6.07) is 0. The van der Waals surface area contributed by atoms with E-state index in [-0.39, 0.29) is 5.88 Å². The molecule has 4 heteroatoms. The van der Waals surface area contributed by atoms with Crippen molar-refractivity contribution >= 4 is 5.95 Å². The molecule has 2 N–H and O–H groups in total. The summed E-state index contributed by atoms with van der Waals surface area (Å²) in [7, 11) is 3.56. The maximum atomic E-state index is 8.79. The lowest BCUT2D eigenvalue weighted by Gasteiger charge is -1.95. The molecule has 0 fully saturated rings. The number of imidazole rings is 1. The lowest BCUT2D eigenvalue weighted by molar-refractivity contribution is 0.456. The third-order valence-electron chi connectivity index (χ3n) is 1.09. The van der Waals surface area contributed by atoms with Crippen molar-refractivity contribution in [3.05, 3.63) is 6.20 Å². The molecular formula is C5H9N3O. The van der Waals surface area contributed by atoms with Crippen LogP contribution in [0.1, 0.15) is 0 Å². The van der Waals surface area contributed by atoms with Gasteiger partial charge in [-0.1, -0.05) is 0 Å². The largest absolute Gasteiger partial charge is 0.492 e. The number of aromatic nitrogens is 2. The zero-order valence-electron chi connectivity index (χ0n) is 5.42. The van der Waals surface area contributed by atoms with Gasteiger partial charge in [0.05, 0.1) is 6.20 Å². The summed E-state index contributed by atoms with van der Waals surface area (Å²) in [5, 5.41) is 11.6. The van der Waals surface area contributed by atoms with Gasteiger partial charge in [-0.25, -0.2) is 0 Å². The van der Waals surface area contributed by atoms with Gasteiger partial charge < -0.3 is 15.0 Å². The number of hydrogen-bond donors (Lipinski definition) is 2. The number of anilines is 1. The Balaban J connectivity index is 3.01. The van der Waals surface area contributed by atoms with Crippen LogP contribution in [-0.2, 0) is 7.05 Å². The molecule has 0 aliphatic heterocycles. The van der Waals surface area contributed by atoms with E-state index in [9.17, 15) is 0 Å². The van der Waals surface area contributed by atoms with Crippen molar-refractivity contribution in [2.45, 2.75) is 0 Å². The molecule has 0 bridgehead atoms. The van der Waals surface area contributed by atoms with Gasteiger partial charge in [0.2, 0.25) is 11.8 Å². The molecule has 0 radical (unpaired) electrons. The van der Waals surface area contributed by atoms with Gasteiger partial charge in [-0.3, -0.25) is 0 Å². The first-order chi connectivity index (χ1) is 4.24. The summed E-state index contributed by atoms with van der Waals surface area (Å²) < 4.78 is 1.70. The fourth-order valence-electron chi connectivity index (χ4n) is 0.683. The average Bonchev–Trinajstić information content (AvgIpc) is 2.10. The Morgan fingerprint density at radius 2 is 2.44 bits per heavy atom. The van der Waals surface area contributed by atoms with Gasteiger partial charge in [-0.15, -0.1) is 0 Å². The molecule has 1 aromatic heterocycles. The lowest BCUT2D eigenvalue weighted by atomic mass is 10.8. The number of nitrogens with one attached hydrogen (secondary N) is 1. The van der Waals surface area contributed by atoms with Crippen LogP contribution in [0.15, 0.2) is 6.20 Å². The van der Waals surface area contributed by atoms with Crippen molar-refractivity contribution in [2.24, 2.45) is 7.05 Å². The van der Waals surface area contributed by atoms with Crippen LogP contribution < -0.4 is 5.32 Å². The van der Waals surface area contributed by atoms with Gasteiger partial charge in [0, 0.05) is 14.1 Å². The quantitative estimate of drug-likeness (QED) is 0.565. The van der Waals surface area contributed by atoms with Crippen molar-refractivity contribution in [2.75, 3.05) is 12.4 Å². The molecule has 4 nitrogen and oxygen atoms in total. The molecule has 0 aliphatic rings. The Labute approximate surface area is 53.1 Å². The molecule has 0 unspecified atom stereocenters. The monoisotopic (exact) mass is 127 g/mol. The smallest absolute Gasteiger partial charge is 0.230 e. The molecule has 0 aromatic carbocycles. The molecular weight excluding hydrogens is 118 g/mol. The first kappa shape index (κ1) is 5.94. The van der Waals surface area contributed by atoms with Gasteiger partial charge in [0.15, 0.2) is 0 Å². The molecule has 0 saturated carbocycles. The van der Waals surface area contributed by atoms with Gasteiger partial charge >= 0.3 is 0 Å². The van der Waals surface area contributed by atoms with E-state index in [1.54, 1.807) is 18.7 Å². The summed E-state index contributed by atoms with van der Waals surface area (Å²) in [6.07, 6.45) is 1.53. The molecule has 0 aliphatic carbocycles. The van der Waals surface area contributed by atoms with Crippen LogP contribution in [0.3, 0.4) is 0 Å². The third-order valence-corrected chi connectivity index (χ3v) is 1.09. The second kappa shape index (κ2) is 1.97. The Hall–Kier alpha value is -1.19. The molecule has 1 rings (SSSR count). The molecule has 1 heterocycles. The topological polar surface area (TPSA) is 50.1 Å². The Morgan fingerprint density at radius 3 is 2.67 bits per heavy atom. The van der Waals surface area contributed by atoms with Gasteiger partial charge in [0.1, 0.15) is 0 Å². The highest BCUT2D eigenvalue weighted by atomic mass is 16.3. The Bertz CT molecular complexity index is 206. The van der Waals surface area contributed by atoms with E-state index in [0.29, 0.717) is 5.95 Å². The SMILES string of the molecule is CNc1nc(O)cn1C. The first-order valence-corrected chi connectivity index (χ1v) is 2.64. The number of hydrogen-bond acceptors (Lipinski definition) is 3. The normalized spacial score (nSPS) is 9.56. The fraction of sp³-hybridized carbons (Fsp3) is 0.400. The summed E-state index contributed by atoms with van der Waals surface area (Å²) >= 11 is 0. The van der Waals surface area contributed by atoms with E-state index in [0.717, 1.165) is 0 Å². The number of aryl methyl sites for hydroxylation is 1. The van der Waals surface area contributed by atoms with E-state index in [1.165, 1.54) is 6.20 Å². The highest BCUT2D eigenvalue weighted by molar-refractivity contribution is 5.29. The molecule has 0 amide bonds. The fourth-order valence-corrected chi connectivity index (χ4v) is 0.683. The number of nitrogens with zero attached hydrogens (tertiary/aromatic N) is 2. The van der Waals surface area contributed by atoms with Crippen LogP contribution in [0.5, 0.6) is 5.88 Å². The Kier molecular flexibility index (Phi) is 1.30. The maximum absolute atomic E-state index is 8.79. The van der Waals surface area contributed by atoms with Crippen LogP contribution >= 0.6 is 0 Å². The zero-order valence-corrected chi connectivity index (χ0v) is 5.42. The minimum Gasteiger partial charge on any atom is -0.492 e. The Morgan fingerprint density at radius 1 is 1.78 bits per heavy atom.